The molecule has 1 aliphatic carbocycles. The number of methoxy groups -OCH3 is 1. The molecule has 4 aliphatic rings. The number of nitrogens with zero attached hydrogens (tertiary/aromatic N) is 2. The Hall–Kier alpha value is -3.10. The number of halogens is 1. The molecular formula is C34H43ClN2O6. The van der Waals surface area contributed by atoms with Crippen molar-refractivity contribution >= 4 is 29.8 Å². The van der Waals surface area contributed by atoms with Crippen molar-refractivity contribution in [2.24, 2.45) is 5.92 Å². The molecule has 9 heteroatoms. The molecule has 1 amide bonds. The van der Waals surface area contributed by atoms with Crippen LogP contribution < -0.4 is 9.47 Å². The SMILES string of the molecule is COc1cc(OCC(=O)N(C)CCCc2cccc(C3(C(=O)OC4CN5CCC4CC5)CCCCC3)c2)c(Cl)cc1C=O. The second-order valence-electron chi connectivity index (χ2n) is 12.3. The molecule has 8 nitrogen and oxygen atoms in total. The Balaban J connectivity index is 1.16. The van der Waals surface area contributed by atoms with Gasteiger partial charge in [0.25, 0.3) is 5.91 Å². The minimum atomic E-state index is -0.571. The number of likely N-dealkylation sites (N-methyl/N-ethyl adjacent to an activating group) is 1. The van der Waals surface area contributed by atoms with Gasteiger partial charge in [0.2, 0.25) is 0 Å². The normalized spacial score (nSPS) is 22.4. The quantitative estimate of drug-likeness (QED) is 0.233. The van der Waals surface area contributed by atoms with Crippen LogP contribution in [0.25, 0.3) is 0 Å². The van der Waals surface area contributed by atoms with E-state index in [0.717, 1.165) is 88.5 Å². The lowest BCUT2D eigenvalue weighted by Gasteiger charge is -2.45. The monoisotopic (exact) mass is 610 g/mol. The van der Waals surface area contributed by atoms with E-state index in [4.69, 9.17) is 25.8 Å². The molecule has 0 spiro atoms. The first kappa shape index (κ1) is 31.3. The van der Waals surface area contributed by atoms with Crippen LogP contribution in [0.1, 0.15) is 72.9 Å². The highest BCUT2D eigenvalue weighted by Crippen LogP contribution is 2.42. The summed E-state index contributed by atoms with van der Waals surface area (Å²) in [6.07, 6.45) is 9.37. The summed E-state index contributed by atoms with van der Waals surface area (Å²) in [4.78, 5) is 41.9. The first-order valence-electron chi connectivity index (χ1n) is 15.6. The molecule has 2 bridgehead atoms. The van der Waals surface area contributed by atoms with Crippen LogP contribution in [-0.4, -0.2) is 81.0 Å². The van der Waals surface area contributed by atoms with Crippen LogP contribution in [0.4, 0.5) is 0 Å². The van der Waals surface area contributed by atoms with Crippen LogP contribution in [-0.2, 0) is 26.2 Å². The summed E-state index contributed by atoms with van der Waals surface area (Å²) in [5, 5.41) is 0.238. The molecule has 2 aromatic rings. The number of esters is 1. The number of rotatable bonds is 12. The summed E-state index contributed by atoms with van der Waals surface area (Å²) in [7, 11) is 3.20. The first-order valence-corrected chi connectivity index (χ1v) is 15.9. The number of piperidine rings is 3. The van der Waals surface area contributed by atoms with Gasteiger partial charge >= 0.3 is 5.97 Å². The van der Waals surface area contributed by atoms with E-state index in [1.807, 2.05) is 0 Å². The van der Waals surface area contributed by atoms with Gasteiger partial charge in [-0.2, -0.15) is 0 Å². The summed E-state index contributed by atoms with van der Waals surface area (Å²) in [5.41, 5.74) is 1.97. The van der Waals surface area contributed by atoms with Gasteiger partial charge in [-0.1, -0.05) is 55.1 Å². The topological polar surface area (TPSA) is 85.4 Å². The maximum absolute atomic E-state index is 13.9. The highest BCUT2D eigenvalue weighted by atomic mass is 35.5. The Kier molecular flexibility index (Phi) is 10.3. The first-order chi connectivity index (χ1) is 20.8. The van der Waals surface area contributed by atoms with Gasteiger partial charge < -0.3 is 19.1 Å². The smallest absolute Gasteiger partial charge is 0.316 e. The van der Waals surface area contributed by atoms with Gasteiger partial charge in [0.1, 0.15) is 17.6 Å². The van der Waals surface area contributed by atoms with Crippen molar-refractivity contribution in [1.29, 1.82) is 0 Å². The summed E-state index contributed by atoms with van der Waals surface area (Å²) in [5.74, 6) is 0.895. The maximum atomic E-state index is 13.9. The van der Waals surface area contributed by atoms with E-state index in [1.165, 1.54) is 19.2 Å². The molecule has 3 saturated heterocycles. The highest BCUT2D eigenvalue weighted by Gasteiger charge is 2.45. The minimum Gasteiger partial charge on any atom is -0.496 e. The Bertz CT molecular complexity index is 1300. The number of aryl methyl sites for hydroxylation is 1. The number of amides is 1. The van der Waals surface area contributed by atoms with E-state index >= 15 is 0 Å². The predicted octanol–water partition coefficient (Wildman–Crippen LogP) is 5.47. The van der Waals surface area contributed by atoms with E-state index in [-0.39, 0.29) is 35.4 Å². The van der Waals surface area contributed by atoms with Crippen LogP contribution in [0.15, 0.2) is 36.4 Å². The fourth-order valence-corrected chi connectivity index (χ4v) is 7.14. The molecule has 1 atom stereocenters. The van der Waals surface area contributed by atoms with Crippen LogP contribution in [0.3, 0.4) is 0 Å². The van der Waals surface area contributed by atoms with E-state index in [1.54, 1.807) is 11.9 Å². The summed E-state index contributed by atoms with van der Waals surface area (Å²) in [6.45, 7) is 3.50. The summed E-state index contributed by atoms with van der Waals surface area (Å²) in [6, 6.07) is 11.4. The number of ether oxygens (including phenoxy) is 3. The zero-order chi connectivity index (χ0) is 30.4. The molecule has 0 N–H and O–H groups in total. The van der Waals surface area contributed by atoms with Crippen molar-refractivity contribution in [3.05, 3.63) is 58.1 Å². The van der Waals surface area contributed by atoms with Crippen molar-refractivity contribution in [2.75, 3.05) is 46.9 Å². The van der Waals surface area contributed by atoms with Gasteiger partial charge in [0.05, 0.1) is 23.1 Å². The largest absolute Gasteiger partial charge is 0.496 e. The number of carbonyl (C=O) groups excluding carboxylic acids is 3. The van der Waals surface area contributed by atoms with Gasteiger partial charge in [-0.3, -0.25) is 19.3 Å². The molecule has 1 unspecified atom stereocenters. The standard InChI is InChI=1S/C34H43ClN2O6/c1-36(32(39)23-42-30-20-29(41-2)26(22-38)19-28(30)35)15-7-9-24-8-6-10-27(18-24)34(13-4-3-5-14-34)33(40)43-31-21-37-16-11-25(31)12-17-37/h6,8,10,18-20,22,25,31H,3-5,7,9,11-17,21,23H2,1-2H3. The second kappa shape index (κ2) is 14.1. The van der Waals surface area contributed by atoms with E-state index in [0.29, 0.717) is 30.1 Å². The summed E-state index contributed by atoms with van der Waals surface area (Å²) < 4.78 is 17.2. The Labute approximate surface area is 259 Å². The van der Waals surface area contributed by atoms with E-state index in [9.17, 15) is 14.4 Å². The van der Waals surface area contributed by atoms with Crippen LogP contribution in [0.5, 0.6) is 11.5 Å². The third kappa shape index (κ3) is 7.18. The Morgan fingerprint density at radius 2 is 1.86 bits per heavy atom. The van der Waals surface area contributed by atoms with Crippen molar-refractivity contribution in [2.45, 2.75) is 69.3 Å². The molecule has 3 aliphatic heterocycles. The molecule has 3 heterocycles. The molecule has 0 radical (unpaired) electrons. The second-order valence-corrected chi connectivity index (χ2v) is 12.7. The van der Waals surface area contributed by atoms with Gasteiger partial charge in [-0.15, -0.1) is 0 Å². The molecule has 2 aromatic carbocycles. The van der Waals surface area contributed by atoms with Crippen molar-refractivity contribution in [3.63, 3.8) is 0 Å². The molecular weight excluding hydrogens is 568 g/mol. The van der Waals surface area contributed by atoms with Crippen LogP contribution in [0, 0.1) is 5.92 Å². The van der Waals surface area contributed by atoms with Crippen molar-refractivity contribution < 1.29 is 28.6 Å². The number of aldehydes is 1. The number of fused-ring (bicyclic) bond motifs is 3. The lowest BCUT2D eigenvalue weighted by atomic mass is 9.69. The van der Waals surface area contributed by atoms with E-state index < -0.39 is 5.41 Å². The average molecular weight is 611 g/mol. The molecule has 4 fully saturated rings. The number of hydrogen-bond donors (Lipinski definition) is 0. The van der Waals surface area contributed by atoms with Gasteiger partial charge in [-0.25, -0.2) is 0 Å². The van der Waals surface area contributed by atoms with Gasteiger partial charge in [0, 0.05) is 26.2 Å². The van der Waals surface area contributed by atoms with Crippen molar-refractivity contribution in [1.82, 2.24) is 9.80 Å². The number of carbonyl (C=O) groups is 3. The fourth-order valence-electron chi connectivity index (χ4n) is 6.91. The Morgan fingerprint density at radius 1 is 1.09 bits per heavy atom. The molecule has 6 rings (SSSR count). The highest BCUT2D eigenvalue weighted by molar-refractivity contribution is 6.32. The zero-order valence-electron chi connectivity index (χ0n) is 25.3. The third-order valence-electron chi connectivity index (χ3n) is 9.58. The van der Waals surface area contributed by atoms with E-state index in [2.05, 4.69) is 29.2 Å². The third-order valence-corrected chi connectivity index (χ3v) is 9.87. The molecule has 1 saturated carbocycles. The zero-order valence-corrected chi connectivity index (χ0v) is 26.1. The van der Waals surface area contributed by atoms with Gasteiger partial charge in [-0.05, 0) is 74.7 Å². The summed E-state index contributed by atoms with van der Waals surface area (Å²) >= 11 is 6.22. The fraction of sp³-hybridized carbons (Fsp3) is 0.559. The minimum absolute atomic E-state index is 0.0165. The average Bonchev–Trinajstić information content (AvgIpc) is 3.04. The molecule has 232 valence electrons. The molecule has 0 aromatic heterocycles. The number of hydrogen-bond acceptors (Lipinski definition) is 7. The van der Waals surface area contributed by atoms with Crippen LogP contribution >= 0.6 is 11.6 Å². The lowest BCUT2D eigenvalue weighted by Crippen LogP contribution is -2.53. The van der Waals surface area contributed by atoms with Crippen LogP contribution in [0.2, 0.25) is 5.02 Å². The van der Waals surface area contributed by atoms with Crippen molar-refractivity contribution in [3.8, 4) is 11.5 Å². The molecule has 43 heavy (non-hydrogen) atoms. The number of benzene rings is 2. The predicted molar refractivity (Wildman–Crippen MR) is 165 cm³/mol. The lowest BCUT2D eigenvalue weighted by molar-refractivity contribution is -0.167. The Morgan fingerprint density at radius 3 is 2.53 bits per heavy atom. The van der Waals surface area contributed by atoms with Gasteiger partial charge in [0.15, 0.2) is 12.9 Å². The maximum Gasteiger partial charge on any atom is 0.316 e.